The molecule has 0 aromatic heterocycles. The number of amides is 2. The number of carbonyl (C=O) groups is 3. The van der Waals surface area contributed by atoms with Crippen LogP contribution in [0.2, 0.25) is 0 Å². The largest absolute Gasteiger partial charge is 0.481 e. The van der Waals surface area contributed by atoms with E-state index in [9.17, 15) is 18.8 Å². The molecule has 0 saturated carbocycles. The first-order valence-electron chi connectivity index (χ1n) is 6.86. The second kappa shape index (κ2) is 8.02. The Balaban J connectivity index is 2.01. The molecule has 24 heavy (non-hydrogen) atoms. The van der Waals surface area contributed by atoms with Gasteiger partial charge in [0.2, 0.25) is 5.91 Å². The summed E-state index contributed by atoms with van der Waals surface area (Å²) >= 11 is 6.11. The van der Waals surface area contributed by atoms with E-state index in [4.69, 9.17) is 17.3 Å². The van der Waals surface area contributed by atoms with Crippen LogP contribution in [0, 0.1) is 5.82 Å². The SMILES string of the molecule is O=C(O)CCNC(=O)CN1C(=O)/C(=C/c2cccc(F)c2)SC1=S. The van der Waals surface area contributed by atoms with Crippen molar-refractivity contribution in [3.8, 4) is 0 Å². The Morgan fingerprint density at radius 1 is 1.42 bits per heavy atom. The van der Waals surface area contributed by atoms with Gasteiger partial charge >= 0.3 is 5.97 Å². The first-order valence-corrected chi connectivity index (χ1v) is 8.08. The van der Waals surface area contributed by atoms with Crippen LogP contribution in [0.5, 0.6) is 0 Å². The zero-order chi connectivity index (χ0) is 17.7. The summed E-state index contributed by atoms with van der Waals surface area (Å²) in [4.78, 5) is 35.9. The van der Waals surface area contributed by atoms with Gasteiger partial charge in [-0.3, -0.25) is 19.3 Å². The van der Waals surface area contributed by atoms with Crippen molar-refractivity contribution >= 4 is 52.2 Å². The zero-order valence-corrected chi connectivity index (χ0v) is 14.0. The van der Waals surface area contributed by atoms with Gasteiger partial charge in [-0.1, -0.05) is 36.1 Å². The molecule has 1 aliphatic rings. The van der Waals surface area contributed by atoms with E-state index in [0.29, 0.717) is 10.5 Å². The quantitative estimate of drug-likeness (QED) is 0.586. The Labute approximate surface area is 146 Å². The minimum Gasteiger partial charge on any atom is -0.481 e. The summed E-state index contributed by atoms with van der Waals surface area (Å²) in [5.74, 6) is -2.39. The van der Waals surface area contributed by atoms with Gasteiger partial charge in [0.25, 0.3) is 5.91 Å². The van der Waals surface area contributed by atoms with Crippen molar-refractivity contribution in [2.45, 2.75) is 6.42 Å². The normalized spacial score (nSPS) is 15.9. The highest BCUT2D eigenvalue weighted by Gasteiger charge is 2.33. The molecule has 2 rings (SSSR count). The molecule has 1 aromatic rings. The Morgan fingerprint density at radius 3 is 2.83 bits per heavy atom. The summed E-state index contributed by atoms with van der Waals surface area (Å²) in [5.41, 5.74) is 0.515. The second-order valence-corrected chi connectivity index (χ2v) is 6.49. The third-order valence-corrected chi connectivity index (χ3v) is 4.36. The molecule has 2 amide bonds. The van der Waals surface area contributed by atoms with Crippen LogP contribution in [0.25, 0.3) is 6.08 Å². The van der Waals surface area contributed by atoms with Crippen LogP contribution in [0.3, 0.4) is 0 Å². The van der Waals surface area contributed by atoms with Crippen molar-refractivity contribution in [3.63, 3.8) is 0 Å². The molecule has 1 heterocycles. The van der Waals surface area contributed by atoms with Gasteiger partial charge in [0, 0.05) is 6.54 Å². The summed E-state index contributed by atoms with van der Waals surface area (Å²) in [5, 5.41) is 10.9. The first-order chi connectivity index (χ1) is 11.4. The summed E-state index contributed by atoms with van der Waals surface area (Å²) < 4.78 is 13.4. The van der Waals surface area contributed by atoms with E-state index in [1.54, 1.807) is 6.07 Å². The fourth-order valence-electron chi connectivity index (χ4n) is 1.89. The van der Waals surface area contributed by atoms with Gasteiger partial charge in [-0.25, -0.2) is 4.39 Å². The van der Waals surface area contributed by atoms with Crippen molar-refractivity contribution in [2.24, 2.45) is 0 Å². The van der Waals surface area contributed by atoms with E-state index in [1.807, 2.05) is 0 Å². The number of aliphatic carboxylic acids is 1. The number of thiocarbonyl (C=S) groups is 1. The topological polar surface area (TPSA) is 86.7 Å². The van der Waals surface area contributed by atoms with Gasteiger partial charge in [-0.2, -0.15) is 0 Å². The van der Waals surface area contributed by atoms with E-state index < -0.39 is 23.6 Å². The third-order valence-electron chi connectivity index (χ3n) is 2.98. The van der Waals surface area contributed by atoms with E-state index in [2.05, 4.69) is 5.32 Å². The molecular weight excluding hydrogens is 355 g/mol. The summed E-state index contributed by atoms with van der Waals surface area (Å²) in [6.07, 6.45) is 1.30. The highest BCUT2D eigenvalue weighted by molar-refractivity contribution is 8.26. The maximum atomic E-state index is 13.2. The lowest BCUT2D eigenvalue weighted by molar-refractivity contribution is -0.137. The lowest BCUT2D eigenvalue weighted by Gasteiger charge is -2.13. The minimum absolute atomic E-state index is 0.0257. The molecule has 0 bridgehead atoms. The second-order valence-electron chi connectivity index (χ2n) is 4.82. The summed E-state index contributed by atoms with van der Waals surface area (Å²) in [6.45, 7) is -0.313. The van der Waals surface area contributed by atoms with Crippen LogP contribution < -0.4 is 5.32 Å². The molecule has 0 radical (unpaired) electrons. The molecule has 1 saturated heterocycles. The number of nitrogens with zero attached hydrogens (tertiary/aromatic N) is 1. The van der Waals surface area contributed by atoms with Gasteiger partial charge in [0.15, 0.2) is 0 Å². The molecule has 6 nitrogen and oxygen atoms in total. The number of nitrogens with one attached hydrogen (secondary N) is 1. The maximum absolute atomic E-state index is 13.2. The molecular formula is C15H13FN2O4S2. The molecule has 1 aromatic carbocycles. The Bertz CT molecular complexity index is 736. The van der Waals surface area contributed by atoms with Crippen LogP contribution in [-0.4, -0.2) is 45.2 Å². The number of hydrogen-bond acceptors (Lipinski definition) is 5. The number of benzene rings is 1. The van der Waals surface area contributed by atoms with Crippen LogP contribution in [0.15, 0.2) is 29.2 Å². The van der Waals surface area contributed by atoms with Crippen molar-refractivity contribution in [1.82, 2.24) is 10.2 Å². The van der Waals surface area contributed by atoms with Gasteiger partial charge in [-0.05, 0) is 23.8 Å². The maximum Gasteiger partial charge on any atom is 0.305 e. The first kappa shape index (κ1) is 18.1. The van der Waals surface area contributed by atoms with Crippen LogP contribution in [0.1, 0.15) is 12.0 Å². The highest BCUT2D eigenvalue weighted by atomic mass is 32.2. The molecule has 1 aliphatic heterocycles. The van der Waals surface area contributed by atoms with Crippen LogP contribution in [-0.2, 0) is 14.4 Å². The van der Waals surface area contributed by atoms with Crippen LogP contribution in [0.4, 0.5) is 4.39 Å². The highest BCUT2D eigenvalue weighted by Crippen LogP contribution is 2.32. The van der Waals surface area contributed by atoms with E-state index in [-0.39, 0.29) is 23.8 Å². The Kier molecular flexibility index (Phi) is 6.04. The number of carboxylic acid groups (broad SMARTS) is 1. The minimum atomic E-state index is -1.03. The fraction of sp³-hybridized carbons (Fsp3) is 0.200. The Morgan fingerprint density at radius 2 is 2.17 bits per heavy atom. The summed E-state index contributed by atoms with van der Waals surface area (Å²) in [7, 11) is 0. The van der Waals surface area contributed by atoms with E-state index in [0.717, 1.165) is 16.7 Å². The average molecular weight is 368 g/mol. The fourth-order valence-corrected chi connectivity index (χ4v) is 3.15. The smallest absolute Gasteiger partial charge is 0.305 e. The van der Waals surface area contributed by atoms with E-state index in [1.165, 1.54) is 24.3 Å². The summed E-state index contributed by atoms with van der Waals surface area (Å²) in [6, 6.07) is 5.75. The van der Waals surface area contributed by atoms with Gasteiger partial charge in [-0.15, -0.1) is 0 Å². The van der Waals surface area contributed by atoms with Gasteiger partial charge < -0.3 is 10.4 Å². The molecule has 0 unspecified atom stereocenters. The molecule has 0 atom stereocenters. The lowest BCUT2D eigenvalue weighted by atomic mass is 10.2. The molecule has 0 aliphatic carbocycles. The van der Waals surface area contributed by atoms with Gasteiger partial charge in [0.05, 0.1) is 11.3 Å². The molecule has 126 valence electrons. The monoisotopic (exact) mass is 368 g/mol. The van der Waals surface area contributed by atoms with Crippen molar-refractivity contribution in [2.75, 3.05) is 13.1 Å². The lowest BCUT2D eigenvalue weighted by Crippen LogP contribution is -2.40. The van der Waals surface area contributed by atoms with Crippen molar-refractivity contribution in [3.05, 3.63) is 40.6 Å². The number of carbonyl (C=O) groups excluding carboxylic acids is 2. The molecule has 9 heteroatoms. The van der Waals surface area contributed by atoms with Crippen LogP contribution >= 0.6 is 24.0 Å². The van der Waals surface area contributed by atoms with E-state index >= 15 is 0 Å². The molecule has 2 N–H and O–H groups in total. The number of carboxylic acids is 1. The molecule has 1 fully saturated rings. The zero-order valence-electron chi connectivity index (χ0n) is 12.3. The number of hydrogen-bond donors (Lipinski definition) is 2. The van der Waals surface area contributed by atoms with Gasteiger partial charge in [0.1, 0.15) is 16.7 Å². The number of thioether (sulfide) groups is 1. The Hall–Kier alpha value is -2.26. The standard InChI is InChI=1S/C15H13FN2O4S2/c16-10-3-1-2-9(6-10)7-11-14(22)18(15(23)24-11)8-12(19)17-5-4-13(20)21/h1-3,6-7H,4-5,8H2,(H,17,19)(H,20,21)/b11-7-. The average Bonchev–Trinajstić information content (AvgIpc) is 2.74. The van der Waals surface area contributed by atoms with Crippen molar-refractivity contribution < 1.29 is 23.9 Å². The third kappa shape index (κ3) is 4.87. The predicted molar refractivity (Wildman–Crippen MR) is 91.5 cm³/mol. The predicted octanol–water partition coefficient (Wildman–Crippen LogP) is 1.62. The molecule has 0 spiro atoms. The van der Waals surface area contributed by atoms with Crippen molar-refractivity contribution in [1.29, 1.82) is 0 Å². The number of halogens is 1. The number of rotatable bonds is 6.